The van der Waals surface area contributed by atoms with Crippen LogP contribution in [0.4, 0.5) is 8.78 Å². The number of fused-ring (bicyclic) bond motifs is 1. The molecule has 9 nitrogen and oxygen atoms in total. The Bertz CT molecular complexity index is 1600. The van der Waals surface area contributed by atoms with Crippen molar-refractivity contribution >= 4 is 40.7 Å². The summed E-state index contributed by atoms with van der Waals surface area (Å²) >= 11 is 7.64. The highest BCUT2D eigenvalue weighted by Gasteiger charge is 2.42. The van der Waals surface area contributed by atoms with E-state index in [1.807, 2.05) is 0 Å². The zero-order valence-electron chi connectivity index (χ0n) is 22.8. The van der Waals surface area contributed by atoms with Gasteiger partial charge in [-0.05, 0) is 38.7 Å². The fraction of sp³-hybridized carbons (Fsp3) is 0.414. The molecule has 42 heavy (non-hydrogen) atoms. The lowest BCUT2D eigenvalue weighted by Gasteiger charge is -2.32. The molecule has 13 heteroatoms. The summed E-state index contributed by atoms with van der Waals surface area (Å²) in [6.07, 6.45) is 4.53. The summed E-state index contributed by atoms with van der Waals surface area (Å²) in [5.74, 6) is -1.83. The van der Waals surface area contributed by atoms with E-state index >= 15 is 0 Å². The van der Waals surface area contributed by atoms with Gasteiger partial charge in [0.2, 0.25) is 0 Å². The molecule has 0 bridgehead atoms. The fourth-order valence-electron chi connectivity index (χ4n) is 5.74. The van der Waals surface area contributed by atoms with Crippen LogP contribution in [0.25, 0.3) is 0 Å². The first kappa shape index (κ1) is 28.5. The van der Waals surface area contributed by atoms with E-state index in [1.165, 1.54) is 24.5 Å². The zero-order chi connectivity index (χ0) is 29.5. The number of ether oxygens (including phenoxy) is 2. The first-order valence-electron chi connectivity index (χ1n) is 13.6. The van der Waals surface area contributed by atoms with Gasteiger partial charge in [0, 0.05) is 41.1 Å². The van der Waals surface area contributed by atoms with Crippen molar-refractivity contribution in [2.24, 2.45) is 16.8 Å². The lowest BCUT2D eigenvalue weighted by atomic mass is 9.75. The van der Waals surface area contributed by atoms with E-state index in [1.54, 1.807) is 18.5 Å². The molecule has 3 aromatic rings. The molecule has 1 aliphatic heterocycles. The Balaban J connectivity index is 1.38. The zero-order valence-corrected chi connectivity index (χ0v) is 24.4. The van der Waals surface area contributed by atoms with Gasteiger partial charge in [0.1, 0.15) is 11.8 Å². The number of esters is 2. The molecule has 2 atom stereocenters. The van der Waals surface area contributed by atoms with Gasteiger partial charge in [-0.2, -0.15) is 0 Å². The standard InChI is InChI=1S/C29H27ClF2N4O5S/c1-3-40-29(38)20-23(13-4-7-18-19(12-13)41-26(34-18)14-10-15(11-14)28(37)39-2)35-25(27-33-8-9-42-27)36-24(20)16-5-6-17(31)22(32)21(16)30/h5-6,8-9,13-15,24H,3-4,7,10-12H2,1-2H3,(H,35,36). The van der Waals surface area contributed by atoms with Crippen LogP contribution in [0.5, 0.6) is 0 Å². The van der Waals surface area contributed by atoms with Crippen LogP contribution < -0.4 is 5.32 Å². The number of aryl methyl sites for hydroxylation is 1. The number of amidine groups is 1. The third kappa shape index (κ3) is 5.11. The summed E-state index contributed by atoms with van der Waals surface area (Å²) in [5.41, 5.74) is 1.69. The molecule has 0 radical (unpaired) electrons. The van der Waals surface area contributed by atoms with Gasteiger partial charge in [-0.3, -0.25) is 9.79 Å². The van der Waals surface area contributed by atoms with Gasteiger partial charge in [0.05, 0.1) is 35.9 Å². The lowest BCUT2D eigenvalue weighted by Crippen LogP contribution is -2.38. The smallest absolute Gasteiger partial charge is 0.338 e. The number of aromatic nitrogens is 2. The largest absolute Gasteiger partial charge is 0.469 e. The van der Waals surface area contributed by atoms with Crippen molar-refractivity contribution in [3.05, 3.63) is 79.6 Å². The van der Waals surface area contributed by atoms with Crippen LogP contribution in [0.15, 0.2) is 44.4 Å². The number of benzene rings is 1. The van der Waals surface area contributed by atoms with Crippen molar-refractivity contribution in [1.82, 2.24) is 15.3 Å². The maximum absolute atomic E-state index is 14.6. The number of nitrogens with zero attached hydrogens (tertiary/aromatic N) is 3. The van der Waals surface area contributed by atoms with Crippen LogP contribution in [0.2, 0.25) is 5.02 Å². The van der Waals surface area contributed by atoms with Gasteiger partial charge in [-0.25, -0.2) is 23.5 Å². The predicted molar refractivity (Wildman–Crippen MR) is 149 cm³/mol. The van der Waals surface area contributed by atoms with Gasteiger partial charge < -0.3 is 19.2 Å². The molecule has 0 spiro atoms. The number of aliphatic imine (C=N–C) groups is 1. The van der Waals surface area contributed by atoms with E-state index in [4.69, 9.17) is 35.5 Å². The van der Waals surface area contributed by atoms with Gasteiger partial charge in [0.25, 0.3) is 0 Å². The molecule has 2 unspecified atom stereocenters. The topological polar surface area (TPSA) is 116 Å². The second kappa shape index (κ2) is 11.6. The first-order chi connectivity index (χ1) is 20.3. The number of oxazole rings is 1. The minimum absolute atomic E-state index is 0.0452. The predicted octanol–water partition coefficient (Wildman–Crippen LogP) is 5.44. The molecule has 1 fully saturated rings. The quantitative estimate of drug-likeness (QED) is 0.276. The van der Waals surface area contributed by atoms with Crippen molar-refractivity contribution in [2.75, 3.05) is 13.7 Å². The third-order valence-corrected chi connectivity index (χ3v) is 9.11. The van der Waals surface area contributed by atoms with E-state index in [9.17, 15) is 18.4 Å². The molecule has 3 aliphatic rings. The number of carbonyl (C=O) groups is 2. The van der Waals surface area contributed by atoms with E-state index in [0.717, 1.165) is 11.8 Å². The van der Waals surface area contributed by atoms with Crippen molar-refractivity contribution < 1.29 is 32.3 Å². The van der Waals surface area contributed by atoms with Gasteiger partial charge in [0.15, 0.2) is 28.4 Å². The highest BCUT2D eigenvalue weighted by molar-refractivity contribution is 7.11. The number of nitrogens with one attached hydrogen (secondary N) is 1. The summed E-state index contributed by atoms with van der Waals surface area (Å²) < 4.78 is 45.2. The number of thiazole rings is 1. The second-order valence-electron chi connectivity index (χ2n) is 10.4. The molecule has 0 saturated heterocycles. The van der Waals surface area contributed by atoms with Crippen molar-refractivity contribution in [1.29, 1.82) is 0 Å². The molecular formula is C29H27ClF2N4O5S. The molecule has 1 aromatic carbocycles. The molecule has 2 aliphatic carbocycles. The Morgan fingerprint density at radius 1 is 1.24 bits per heavy atom. The summed E-state index contributed by atoms with van der Waals surface area (Å²) in [4.78, 5) is 39.1. The van der Waals surface area contributed by atoms with Crippen LogP contribution >= 0.6 is 22.9 Å². The Hall–Kier alpha value is -3.64. The van der Waals surface area contributed by atoms with E-state index < -0.39 is 28.7 Å². The number of methoxy groups -OCH3 is 1. The molecule has 1 saturated carbocycles. The van der Waals surface area contributed by atoms with Crippen LogP contribution in [0, 0.1) is 23.5 Å². The van der Waals surface area contributed by atoms with E-state index in [0.29, 0.717) is 60.3 Å². The van der Waals surface area contributed by atoms with Crippen LogP contribution in [-0.4, -0.2) is 41.5 Å². The Labute approximate surface area is 249 Å². The fourth-order valence-corrected chi connectivity index (χ4v) is 6.59. The average Bonchev–Trinajstić information content (AvgIpc) is 3.65. The molecule has 3 heterocycles. The average molecular weight is 617 g/mol. The highest BCUT2D eigenvalue weighted by Crippen LogP contribution is 2.45. The maximum atomic E-state index is 14.6. The molecule has 220 valence electrons. The number of hydrogen-bond donors (Lipinski definition) is 1. The summed E-state index contributed by atoms with van der Waals surface area (Å²) in [6.45, 7) is 1.79. The second-order valence-corrected chi connectivity index (χ2v) is 11.7. The van der Waals surface area contributed by atoms with Crippen molar-refractivity contribution in [3.63, 3.8) is 0 Å². The summed E-state index contributed by atoms with van der Waals surface area (Å²) in [7, 11) is 1.38. The monoisotopic (exact) mass is 616 g/mol. The van der Waals surface area contributed by atoms with Gasteiger partial charge >= 0.3 is 11.9 Å². The minimum atomic E-state index is -1.22. The van der Waals surface area contributed by atoms with Gasteiger partial charge in [-0.15, -0.1) is 11.3 Å². The van der Waals surface area contributed by atoms with Crippen molar-refractivity contribution in [2.45, 2.75) is 51.0 Å². The van der Waals surface area contributed by atoms with Crippen molar-refractivity contribution in [3.8, 4) is 0 Å². The van der Waals surface area contributed by atoms with Crippen LogP contribution in [0.3, 0.4) is 0 Å². The maximum Gasteiger partial charge on any atom is 0.338 e. The van der Waals surface area contributed by atoms with Crippen LogP contribution in [0.1, 0.15) is 66.1 Å². The normalized spacial score (nSPS) is 23.4. The minimum Gasteiger partial charge on any atom is -0.469 e. The third-order valence-electron chi connectivity index (χ3n) is 7.95. The molecule has 2 aromatic heterocycles. The molecule has 0 amide bonds. The number of halogens is 3. The lowest BCUT2D eigenvalue weighted by molar-refractivity contribution is -0.149. The Kier molecular flexibility index (Phi) is 7.84. The van der Waals surface area contributed by atoms with E-state index in [2.05, 4.69) is 10.3 Å². The summed E-state index contributed by atoms with van der Waals surface area (Å²) in [6, 6.07) is 1.23. The number of allylic oxidation sites excluding steroid dienone is 1. The first-order valence-corrected chi connectivity index (χ1v) is 14.9. The molecule has 1 N–H and O–H groups in total. The van der Waals surface area contributed by atoms with Gasteiger partial charge in [-0.1, -0.05) is 17.7 Å². The number of rotatable bonds is 7. The molecule has 6 rings (SSSR count). The Morgan fingerprint density at radius 2 is 2.05 bits per heavy atom. The van der Waals surface area contributed by atoms with Crippen LogP contribution in [-0.2, 0) is 31.9 Å². The Morgan fingerprint density at radius 3 is 2.76 bits per heavy atom. The highest BCUT2D eigenvalue weighted by atomic mass is 35.5. The molecular weight excluding hydrogens is 590 g/mol. The SMILES string of the molecule is CCOC(=O)C1=C(C2CCc3nc(C4CC(C(=O)OC)C4)oc3C2)NC(c2nccs2)=NC1c1ccc(F)c(F)c1Cl. The number of hydrogen-bond acceptors (Lipinski definition) is 10. The number of carbonyl (C=O) groups excluding carboxylic acids is 2. The summed E-state index contributed by atoms with van der Waals surface area (Å²) in [5, 5.41) is 5.21. The van der Waals surface area contributed by atoms with E-state index in [-0.39, 0.29) is 41.5 Å².